The van der Waals surface area contributed by atoms with Crippen LogP contribution in [0, 0.1) is 12.8 Å². The molecule has 0 atom stereocenters. The van der Waals surface area contributed by atoms with Gasteiger partial charge in [0.25, 0.3) is 6.01 Å². The number of nitrogens with zero attached hydrogens (tertiary/aromatic N) is 2. The van der Waals surface area contributed by atoms with Gasteiger partial charge in [-0.1, -0.05) is 29.8 Å². The second kappa shape index (κ2) is 8.34. The summed E-state index contributed by atoms with van der Waals surface area (Å²) in [4.78, 5) is 30.8. The monoisotopic (exact) mass is 392 g/mol. The van der Waals surface area contributed by atoms with E-state index in [4.69, 9.17) is 4.42 Å². The Morgan fingerprint density at radius 1 is 1.07 bits per heavy atom. The number of rotatable bonds is 4. The Bertz CT molecular complexity index is 971. The average Bonchev–Trinajstić information content (AvgIpc) is 3.18. The van der Waals surface area contributed by atoms with Crippen molar-refractivity contribution in [1.82, 2.24) is 10.3 Å². The number of oxazole rings is 1. The highest BCUT2D eigenvalue weighted by Gasteiger charge is 2.24. The first-order chi connectivity index (χ1) is 14.1. The number of hydrogen-bond acceptors (Lipinski definition) is 5. The van der Waals surface area contributed by atoms with E-state index >= 15 is 0 Å². The number of fused-ring (bicyclic) bond motifs is 1. The molecule has 0 bridgehead atoms. The molecule has 0 spiro atoms. The summed E-state index contributed by atoms with van der Waals surface area (Å²) >= 11 is 0. The molecule has 0 radical (unpaired) electrons. The summed E-state index contributed by atoms with van der Waals surface area (Å²) in [6.07, 6.45) is 1.80. The molecule has 1 aliphatic rings. The summed E-state index contributed by atoms with van der Waals surface area (Å²) < 4.78 is 5.83. The van der Waals surface area contributed by atoms with Gasteiger partial charge in [0.2, 0.25) is 0 Å². The number of aryl methyl sites for hydroxylation is 1. The van der Waals surface area contributed by atoms with Crippen molar-refractivity contribution in [1.29, 1.82) is 0 Å². The lowest BCUT2D eigenvalue weighted by molar-refractivity contribution is -0.136. The molecular weight excluding hydrogens is 368 g/mol. The predicted octanol–water partition coefficient (Wildman–Crippen LogP) is 3.11. The van der Waals surface area contributed by atoms with Gasteiger partial charge in [-0.15, -0.1) is 0 Å². The number of piperidine rings is 1. The molecule has 2 heterocycles. The standard InChI is InChI=1S/C22H24N4O3/c1-15-6-8-17(9-7-15)24-21(28)20(27)23-14-16-10-12-26(13-11-16)22-25-18-4-2-3-5-19(18)29-22/h2-9,16H,10-14H2,1H3,(H,23,27)(H,24,28). The van der Waals surface area contributed by atoms with Crippen molar-refractivity contribution in [3.63, 3.8) is 0 Å². The van der Waals surface area contributed by atoms with E-state index in [0.717, 1.165) is 42.6 Å². The van der Waals surface area contributed by atoms with E-state index in [2.05, 4.69) is 20.5 Å². The van der Waals surface area contributed by atoms with Crippen molar-refractivity contribution >= 4 is 34.6 Å². The summed E-state index contributed by atoms with van der Waals surface area (Å²) in [7, 11) is 0. The van der Waals surface area contributed by atoms with Crippen molar-refractivity contribution in [2.45, 2.75) is 19.8 Å². The first-order valence-corrected chi connectivity index (χ1v) is 9.85. The number of amides is 2. The molecule has 3 aromatic rings. The molecule has 0 saturated carbocycles. The maximum atomic E-state index is 12.1. The van der Waals surface area contributed by atoms with E-state index in [-0.39, 0.29) is 0 Å². The Morgan fingerprint density at radius 3 is 2.52 bits per heavy atom. The molecule has 29 heavy (non-hydrogen) atoms. The highest BCUT2D eigenvalue weighted by atomic mass is 16.4. The summed E-state index contributed by atoms with van der Waals surface area (Å²) in [5.41, 5.74) is 3.35. The Hall–Kier alpha value is -3.35. The van der Waals surface area contributed by atoms with Crippen molar-refractivity contribution in [3.05, 3.63) is 54.1 Å². The molecule has 1 aliphatic heterocycles. The van der Waals surface area contributed by atoms with Crippen molar-refractivity contribution in [2.24, 2.45) is 5.92 Å². The third kappa shape index (κ3) is 4.56. The number of aromatic nitrogens is 1. The number of anilines is 2. The fourth-order valence-electron chi connectivity index (χ4n) is 3.47. The molecule has 7 heteroatoms. The minimum atomic E-state index is -0.641. The van der Waals surface area contributed by atoms with E-state index in [0.29, 0.717) is 24.2 Å². The second-order valence-corrected chi connectivity index (χ2v) is 7.42. The van der Waals surface area contributed by atoms with E-state index < -0.39 is 11.8 Å². The number of benzene rings is 2. The molecule has 2 N–H and O–H groups in total. The van der Waals surface area contributed by atoms with Gasteiger partial charge in [0.05, 0.1) is 0 Å². The maximum Gasteiger partial charge on any atom is 0.313 e. The highest BCUT2D eigenvalue weighted by molar-refractivity contribution is 6.39. The molecule has 1 aromatic heterocycles. The zero-order valence-electron chi connectivity index (χ0n) is 16.4. The first-order valence-electron chi connectivity index (χ1n) is 9.85. The van der Waals surface area contributed by atoms with Crippen LogP contribution in [0.25, 0.3) is 11.1 Å². The molecule has 4 rings (SSSR count). The number of nitrogens with one attached hydrogen (secondary N) is 2. The Morgan fingerprint density at radius 2 is 1.79 bits per heavy atom. The topological polar surface area (TPSA) is 87.5 Å². The van der Waals surface area contributed by atoms with Crippen LogP contribution < -0.4 is 15.5 Å². The van der Waals surface area contributed by atoms with E-state index in [1.54, 1.807) is 12.1 Å². The van der Waals surface area contributed by atoms with Crippen LogP contribution in [0.15, 0.2) is 52.9 Å². The normalized spacial score (nSPS) is 14.7. The molecule has 2 aromatic carbocycles. The summed E-state index contributed by atoms with van der Waals surface area (Å²) in [6, 6.07) is 15.7. The zero-order chi connectivity index (χ0) is 20.2. The van der Waals surface area contributed by atoms with Crippen molar-refractivity contribution < 1.29 is 14.0 Å². The molecule has 0 aliphatic carbocycles. The second-order valence-electron chi connectivity index (χ2n) is 7.42. The first kappa shape index (κ1) is 19.0. The minimum Gasteiger partial charge on any atom is -0.423 e. The number of para-hydroxylation sites is 2. The molecule has 0 unspecified atom stereocenters. The molecule has 150 valence electrons. The van der Waals surface area contributed by atoms with Gasteiger partial charge in [-0.3, -0.25) is 9.59 Å². The third-order valence-corrected chi connectivity index (χ3v) is 5.23. The third-order valence-electron chi connectivity index (χ3n) is 5.23. The van der Waals surface area contributed by atoms with E-state index in [1.165, 1.54) is 0 Å². The number of hydrogen-bond donors (Lipinski definition) is 2. The van der Waals surface area contributed by atoms with Gasteiger partial charge < -0.3 is 20.0 Å². The van der Waals surface area contributed by atoms with Gasteiger partial charge in [0.15, 0.2) is 5.58 Å². The van der Waals surface area contributed by atoms with Crippen LogP contribution in [0.4, 0.5) is 11.7 Å². The van der Waals surface area contributed by atoms with E-state index in [1.807, 2.05) is 43.3 Å². The lowest BCUT2D eigenvalue weighted by atomic mass is 9.97. The molecule has 1 saturated heterocycles. The van der Waals surface area contributed by atoms with Gasteiger partial charge in [0, 0.05) is 25.3 Å². The lowest BCUT2D eigenvalue weighted by Crippen LogP contribution is -2.41. The highest BCUT2D eigenvalue weighted by Crippen LogP contribution is 2.26. The summed E-state index contributed by atoms with van der Waals surface area (Å²) in [5, 5.41) is 5.37. The molecule has 1 fully saturated rings. The molecule has 7 nitrogen and oxygen atoms in total. The van der Waals surface area contributed by atoms with Crippen molar-refractivity contribution in [2.75, 3.05) is 29.9 Å². The largest absolute Gasteiger partial charge is 0.423 e. The Kier molecular flexibility index (Phi) is 5.46. The number of carbonyl (C=O) groups excluding carboxylic acids is 2. The zero-order valence-corrected chi connectivity index (χ0v) is 16.4. The number of carbonyl (C=O) groups is 2. The van der Waals surface area contributed by atoms with Crippen LogP contribution in [0.1, 0.15) is 18.4 Å². The Balaban J connectivity index is 1.23. The summed E-state index contributed by atoms with van der Waals surface area (Å²) in [6.45, 7) is 4.07. The SMILES string of the molecule is Cc1ccc(NC(=O)C(=O)NCC2CCN(c3nc4ccccc4o3)CC2)cc1. The lowest BCUT2D eigenvalue weighted by Gasteiger charge is -2.30. The fourth-order valence-corrected chi connectivity index (χ4v) is 3.47. The van der Waals surface area contributed by atoms with Crippen LogP contribution in [-0.4, -0.2) is 36.4 Å². The summed E-state index contributed by atoms with van der Waals surface area (Å²) in [5.74, 6) is -0.920. The van der Waals surface area contributed by atoms with Gasteiger partial charge in [0.1, 0.15) is 5.52 Å². The van der Waals surface area contributed by atoms with Crippen LogP contribution in [0.2, 0.25) is 0 Å². The van der Waals surface area contributed by atoms with E-state index in [9.17, 15) is 9.59 Å². The van der Waals surface area contributed by atoms with Gasteiger partial charge in [-0.2, -0.15) is 4.98 Å². The van der Waals surface area contributed by atoms with Crippen LogP contribution in [-0.2, 0) is 9.59 Å². The van der Waals surface area contributed by atoms with Crippen LogP contribution >= 0.6 is 0 Å². The minimum absolute atomic E-state index is 0.326. The van der Waals surface area contributed by atoms with Gasteiger partial charge in [-0.25, -0.2) is 0 Å². The van der Waals surface area contributed by atoms with Crippen LogP contribution in [0.5, 0.6) is 0 Å². The van der Waals surface area contributed by atoms with Crippen molar-refractivity contribution in [3.8, 4) is 0 Å². The van der Waals surface area contributed by atoms with Gasteiger partial charge >= 0.3 is 11.8 Å². The van der Waals surface area contributed by atoms with Gasteiger partial charge in [-0.05, 0) is 49.9 Å². The predicted molar refractivity (Wildman–Crippen MR) is 112 cm³/mol. The van der Waals surface area contributed by atoms with Crippen LogP contribution in [0.3, 0.4) is 0 Å². The fraction of sp³-hybridized carbons (Fsp3) is 0.318. The quantitative estimate of drug-likeness (QED) is 0.666. The maximum absolute atomic E-state index is 12.1. The molecular formula is C22H24N4O3. The average molecular weight is 392 g/mol. The molecule has 2 amide bonds. The Labute approximate surface area is 169 Å². The smallest absolute Gasteiger partial charge is 0.313 e.